The largest absolute Gasteiger partial charge is 0.435 e. The van der Waals surface area contributed by atoms with Crippen LogP contribution < -0.4 is 5.32 Å². The van der Waals surface area contributed by atoms with E-state index in [1.165, 1.54) is 17.8 Å². The number of aryl methyl sites for hydroxylation is 1. The maximum atomic E-state index is 12.6. The van der Waals surface area contributed by atoms with Gasteiger partial charge in [0.15, 0.2) is 5.69 Å². The van der Waals surface area contributed by atoms with Gasteiger partial charge in [-0.15, -0.1) is 0 Å². The number of pyridine rings is 1. The van der Waals surface area contributed by atoms with Crippen molar-refractivity contribution in [2.24, 2.45) is 5.92 Å². The van der Waals surface area contributed by atoms with Crippen LogP contribution in [0.4, 0.5) is 18.9 Å². The van der Waals surface area contributed by atoms with Gasteiger partial charge in [0.2, 0.25) is 5.91 Å². The zero-order valence-corrected chi connectivity index (χ0v) is 12.1. The summed E-state index contributed by atoms with van der Waals surface area (Å²) in [6.07, 6.45) is -1.42. The minimum absolute atomic E-state index is 0.0635. The molecule has 1 unspecified atom stereocenters. The lowest BCUT2D eigenvalue weighted by atomic mass is 10.1. The molecule has 0 aliphatic rings. The molecule has 1 amide bonds. The van der Waals surface area contributed by atoms with Gasteiger partial charge in [0.25, 0.3) is 0 Å². The highest BCUT2D eigenvalue weighted by molar-refractivity contribution is 5.92. The molecule has 2 rings (SSSR count). The van der Waals surface area contributed by atoms with Crippen LogP contribution in [0.5, 0.6) is 0 Å². The van der Waals surface area contributed by atoms with Gasteiger partial charge in [-0.05, 0) is 25.1 Å². The predicted octanol–water partition coefficient (Wildman–Crippen LogP) is 2.88. The van der Waals surface area contributed by atoms with E-state index in [2.05, 4.69) is 15.4 Å². The molecule has 2 heterocycles. The van der Waals surface area contributed by atoms with Gasteiger partial charge in [0.1, 0.15) is 0 Å². The van der Waals surface area contributed by atoms with Gasteiger partial charge in [0.05, 0.1) is 24.3 Å². The summed E-state index contributed by atoms with van der Waals surface area (Å²) in [5, 5.41) is 6.16. The lowest BCUT2D eigenvalue weighted by Crippen LogP contribution is -2.25. The predicted molar refractivity (Wildman–Crippen MR) is 74.0 cm³/mol. The normalized spacial score (nSPS) is 13.0. The zero-order valence-electron chi connectivity index (χ0n) is 12.1. The van der Waals surface area contributed by atoms with E-state index in [4.69, 9.17) is 0 Å². The summed E-state index contributed by atoms with van der Waals surface area (Å²) in [7, 11) is 0. The fraction of sp³-hybridized carbons (Fsp3) is 0.357. The molecule has 1 atom stereocenters. The third-order valence-electron chi connectivity index (χ3n) is 3.10. The summed E-state index contributed by atoms with van der Waals surface area (Å²) < 4.78 is 39.0. The van der Waals surface area contributed by atoms with Crippen LogP contribution in [0.3, 0.4) is 0 Å². The Balaban J connectivity index is 2.04. The molecule has 0 radical (unpaired) electrons. The number of aromatic nitrogens is 3. The second-order valence-corrected chi connectivity index (χ2v) is 4.98. The molecular weight excluding hydrogens is 297 g/mol. The Morgan fingerprint density at radius 2 is 2.18 bits per heavy atom. The van der Waals surface area contributed by atoms with Crippen LogP contribution in [-0.2, 0) is 17.5 Å². The molecule has 2 aromatic heterocycles. The van der Waals surface area contributed by atoms with Crippen molar-refractivity contribution in [2.75, 3.05) is 5.32 Å². The van der Waals surface area contributed by atoms with Crippen molar-refractivity contribution in [1.29, 1.82) is 0 Å². The Morgan fingerprint density at radius 1 is 1.45 bits per heavy atom. The number of anilines is 1. The molecule has 0 aromatic carbocycles. The van der Waals surface area contributed by atoms with Gasteiger partial charge >= 0.3 is 6.18 Å². The van der Waals surface area contributed by atoms with Gasteiger partial charge < -0.3 is 5.32 Å². The van der Waals surface area contributed by atoms with Crippen LogP contribution in [0.25, 0.3) is 0 Å². The number of alkyl halides is 3. The molecule has 0 saturated heterocycles. The van der Waals surface area contributed by atoms with Crippen LogP contribution in [0.1, 0.15) is 18.3 Å². The molecule has 0 aliphatic heterocycles. The number of carbonyl (C=O) groups is 1. The molecule has 1 N–H and O–H groups in total. The first kappa shape index (κ1) is 16.0. The van der Waals surface area contributed by atoms with Gasteiger partial charge in [0, 0.05) is 11.9 Å². The smallest absolute Gasteiger partial charge is 0.324 e. The first-order valence-electron chi connectivity index (χ1n) is 6.60. The number of carbonyl (C=O) groups excluding carboxylic acids is 1. The molecule has 118 valence electrons. The van der Waals surface area contributed by atoms with Gasteiger partial charge in [-0.2, -0.15) is 18.3 Å². The van der Waals surface area contributed by atoms with Crippen molar-refractivity contribution >= 4 is 11.6 Å². The van der Waals surface area contributed by atoms with Crippen LogP contribution in [0, 0.1) is 12.8 Å². The van der Waals surface area contributed by atoms with E-state index in [9.17, 15) is 18.0 Å². The summed E-state index contributed by atoms with van der Waals surface area (Å²) in [5.74, 6) is -0.851. The van der Waals surface area contributed by atoms with Gasteiger partial charge in [-0.25, -0.2) is 0 Å². The standard InChI is InChI=1S/C14H15F3N4O/c1-9(13(22)19-11-4-3-5-18-7-11)8-21-10(2)6-12(20-21)14(15,16)17/h3-7,9H,8H2,1-2H3,(H,19,22). The average Bonchev–Trinajstić information content (AvgIpc) is 2.81. The number of halogens is 3. The first-order valence-corrected chi connectivity index (χ1v) is 6.60. The highest BCUT2D eigenvalue weighted by Crippen LogP contribution is 2.28. The minimum Gasteiger partial charge on any atom is -0.324 e. The third-order valence-corrected chi connectivity index (χ3v) is 3.10. The van der Waals surface area contributed by atoms with E-state index in [0.29, 0.717) is 11.4 Å². The Morgan fingerprint density at radius 3 is 2.73 bits per heavy atom. The number of rotatable bonds is 4. The summed E-state index contributed by atoms with van der Waals surface area (Å²) in [5.41, 5.74) is -0.0641. The number of amides is 1. The van der Waals surface area contributed by atoms with E-state index in [1.807, 2.05) is 0 Å². The minimum atomic E-state index is -4.49. The van der Waals surface area contributed by atoms with E-state index < -0.39 is 17.8 Å². The number of hydrogen-bond acceptors (Lipinski definition) is 3. The molecule has 8 heteroatoms. The number of nitrogens with one attached hydrogen (secondary N) is 1. The van der Waals surface area contributed by atoms with Crippen molar-refractivity contribution in [3.63, 3.8) is 0 Å². The van der Waals surface area contributed by atoms with Gasteiger partial charge in [-0.3, -0.25) is 14.5 Å². The van der Waals surface area contributed by atoms with Crippen molar-refractivity contribution in [3.8, 4) is 0 Å². The van der Waals surface area contributed by atoms with Crippen molar-refractivity contribution in [3.05, 3.63) is 42.0 Å². The highest BCUT2D eigenvalue weighted by Gasteiger charge is 2.34. The highest BCUT2D eigenvalue weighted by atomic mass is 19.4. The van der Waals surface area contributed by atoms with Crippen LogP contribution in [0.15, 0.2) is 30.6 Å². The summed E-state index contributed by atoms with van der Waals surface area (Å²) in [6.45, 7) is 3.21. The molecule has 0 aliphatic carbocycles. The average molecular weight is 312 g/mol. The van der Waals surface area contributed by atoms with E-state index in [1.54, 1.807) is 25.3 Å². The topological polar surface area (TPSA) is 59.8 Å². The maximum Gasteiger partial charge on any atom is 0.435 e. The molecule has 0 saturated carbocycles. The van der Waals surface area contributed by atoms with Crippen LogP contribution in [-0.4, -0.2) is 20.7 Å². The summed E-state index contributed by atoms with van der Waals surface area (Å²) in [6, 6.07) is 4.32. The van der Waals surface area contributed by atoms with Crippen molar-refractivity contribution < 1.29 is 18.0 Å². The van der Waals surface area contributed by atoms with Crippen molar-refractivity contribution in [1.82, 2.24) is 14.8 Å². The molecule has 0 fully saturated rings. The van der Waals surface area contributed by atoms with E-state index in [-0.39, 0.29) is 12.5 Å². The molecule has 2 aromatic rings. The molecule has 0 spiro atoms. The summed E-state index contributed by atoms with van der Waals surface area (Å²) >= 11 is 0. The van der Waals surface area contributed by atoms with Gasteiger partial charge in [-0.1, -0.05) is 6.92 Å². The Kier molecular flexibility index (Phi) is 4.48. The third kappa shape index (κ3) is 3.84. The Labute approximate surface area is 125 Å². The molecule has 0 bridgehead atoms. The fourth-order valence-corrected chi connectivity index (χ4v) is 1.88. The zero-order chi connectivity index (χ0) is 16.3. The molecular formula is C14H15F3N4O. The lowest BCUT2D eigenvalue weighted by Gasteiger charge is -2.13. The Bertz CT molecular complexity index is 652. The molecule has 5 nitrogen and oxygen atoms in total. The quantitative estimate of drug-likeness (QED) is 0.944. The molecule has 22 heavy (non-hydrogen) atoms. The van der Waals surface area contributed by atoms with Crippen LogP contribution >= 0.6 is 0 Å². The number of hydrogen-bond donors (Lipinski definition) is 1. The monoisotopic (exact) mass is 312 g/mol. The van der Waals surface area contributed by atoms with E-state index in [0.717, 1.165) is 6.07 Å². The fourth-order valence-electron chi connectivity index (χ4n) is 1.88. The summed E-state index contributed by atoms with van der Waals surface area (Å²) in [4.78, 5) is 15.9. The van der Waals surface area contributed by atoms with Crippen molar-refractivity contribution in [2.45, 2.75) is 26.6 Å². The van der Waals surface area contributed by atoms with Crippen LogP contribution in [0.2, 0.25) is 0 Å². The first-order chi connectivity index (χ1) is 10.3. The van der Waals surface area contributed by atoms with E-state index >= 15 is 0 Å². The lowest BCUT2D eigenvalue weighted by molar-refractivity contribution is -0.141. The number of nitrogens with zero attached hydrogens (tertiary/aromatic N) is 3. The SMILES string of the molecule is Cc1cc(C(F)(F)F)nn1CC(C)C(=O)Nc1cccnc1. The second-order valence-electron chi connectivity index (χ2n) is 4.98. The maximum absolute atomic E-state index is 12.6. The second kappa shape index (κ2) is 6.17. The Hall–Kier alpha value is -2.38.